The predicted molar refractivity (Wildman–Crippen MR) is 75.6 cm³/mol. The summed E-state index contributed by atoms with van der Waals surface area (Å²) in [6, 6.07) is 14.9. The fourth-order valence-corrected chi connectivity index (χ4v) is 2.21. The monoisotopic (exact) mass is 258 g/mol. The van der Waals surface area contributed by atoms with Crippen LogP contribution in [-0.2, 0) is 12.8 Å². The van der Waals surface area contributed by atoms with Gasteiger partial charge in [0, 0.05) is 6.61 Å². The summed E-state index contributed by atoms with van der Waals surface area (Å²) in [6.07, 6.45) is 1.61. The first-order valence-corrected chi connectivity index (χ1v) is 6.58. The van der Waals surface area contributed by atoms with E-state index in [9.17, 15) is 9.50 Å². The number of aliphatic hydroxyl groups is 1. The van der Waals surface area contributed by atoms with Gasteiger partial charge in [0.1, 0.15) is 5.82 Å². The summed E-state index contributed by atoms with van der Waals surface area (Å²) < 4.78 is 12.8. The maximum Gasteiger partial charge on any atom is 0.123 e. The molecule has 0 bridgehead atoms. The quantitative estimate of drug-likeness (QED) is 0.870. The molecule has 0 aliphatic heterocycles. The van der Waals surface area contributed by atoms with Crippen molar-refractivity contribution in [3.8, 4) is 0 Å². The molecular weight excluding hydrogens is 239 g/mol. The van der Waals surface area contributed by atoms with Crippen LogP contribution in [0.25, 0.3) is 0 Å². The Bertz CT molecular complexity index is 454. The number of rotatable bonds is 5. The lowest BCUT2D eigenvalue weighted by molar-refractivity contribution is 0.225. The second-order valence-electron chi connectivity index (χ2n) is 5.07. The number of hydrogen-bond acceptors (Lipinski definition) is 1. The van der Waals surface area contributed by atoms with Gasteiger partial charge in [0.15, 0.2) is 0 Å². The topological polar surface area (TPSA) is 20.2 Å². The molecule has 0 aromatic heterocycles. The molecule has 0 radical (unpaired) electrons. The molecule has 2 heteroatoms. The summed E-state index contributed by atoms with van der Waals surface area (Å²) in [5.41, 5.74) is 3.53. The van der Waals surface area contributed by atoms with Crippen LogP contribution in [0.2, 0.25) is 0 Å². The number of halogens is 1. The zero-order valence-electron chi connectivity index (χ0n) is 11.1. The zero-order chi connectivity index (χ0) is 13.7. The van der Waals surface area contributed by atoms with Crippen LogP contribution in [0.3, 0.4) is 0 Å². The Morgan fingerprint density at radius 1 is 0.895 bits per heavy atom. The Kier molecular flexibility index (Phi) is 4.69. The Morgan fingerprint density at radius 3 is 1.84 bits per heavy atom. The Balaban J connectivity index is 2.00. The second kappa shape index (κ2) is 6.48. The van der Waals surface area contributed by atoms with Gasteiger partial charge in [0.05, 0.1) is 0 Å². The van der Waals surface area contributed by atoms with Crippen LogP contribution in [0.4, 0.5) is 4.39 Å². The largest absolute Gasteiger partial charge is 0.396 e. The van der Waals surface area contributed by atoms with Crippen molar-refractivity contribution >= 4 is 0 Å². The van der Waals surface area contributed by atoms with Gasteiger partial charge in [0.2, 0.25) is 0 Å². The molecule has 1 N–H and O–H groups in total. The molecule has 2 aromatic rings. The van der Waals surface area contributed by atoms with E-state index in [0.717, 1.165) is 18.4 Å². The maximum atomic E-state index is 12.8. The summed E-state index contributed by atoms with van der Waals surface area (Å²) in [5.74, 6) is -0.0454. The van der Waals surface area contributed by atoms with Gasteiger partial charge in [-0.15, -0.1) is 0 Å². The van der Waals surface area contributed by atoms with Crippen LogP contribution in [-0.4, -0.2) is 11.7 Å². The van der Waals surface area contributed by atoms with Crippen LogP contribution in [0, 0.1) is 18.7 Å². The molecule has 0 saturated heterocycles. The maximum absolute atomic E-state index is 12.8. The molecule has 0 heterocycles. The molecule has 0 saturated carbocycles. The van der Waals surface area contributed by atoms with Crippen LogP contribution in [0.15, 0.2) is 48.5 Å². The third-order valence-corrected chi connectivity index (χ3v) is 3.34. The van der Waals surface area contributed by atoms with Crippen molar-refractivity contribution in [3.63, 3.8) is 0 Å². The van der Waals surface area contributed by atoms with Gasteiger partial charge < -0.3 is 5.11 Å². The number of hydrogen-bond donors (Lipinski definition) is 1. The molecule has 2 rings (SSSR count). The van der Waals surface area contributed by atoms with Gasteiger partial charge in [-0.1, -0.05) is 42.0 Å². The van der Waals surface area contributed by atoms with Crippen molar-refractivity contribution in [2.24, 2.45) is 5.92 Å². The summed E-state index contributed by atoms with van der Waals surface area (Å²) >= 11 is 0. The van der Waals surface area contributed by atoms with Crippen molar-refractivity contribution in [1.82, 2.24) is 0 Å². The fourth-order valence-electron chi connectivity index (χ4n) is 2.21. The van der Waals surface area contributed by atoms with Gasteiger partial charge in [-0.3, -0.25) is 0 Å². The lowest BCUT2D eigenvalue weighted by atomic mass is 9.93. The van der Waals surface area contributed by atoms with E-state index in [4.69, 9.17) is 0 Å². The minimum atomic E-state index is -0.220. The third kappa shape index (κ3) is 4.18. The van der Waals surface area contributed by atoms with Crippen molar-refractivity contribution < 1.29 is 9.50 Å². The van der Waals surface area contributed by atoms with Crippen LogP contribution in [0.5, 0.6) is 0 Å². The van der Waals surface area contributed by atoms with Gasteiger partial charge in [-0.2, -0.15) is 0 Å². The average Bonchev–Trinajstić information content (AvgIpc) is 2.43. The Hall–Kier alpha value is -1.67. The van der Waals surface area contributed by atoms with E-state index >= 15 is 0 Å². The molecule has 1 nitrogen and oxygen atoms in total. The third-order valence-electron chi connectivity index (χ3n) is 3.34. The highest BCUT2D eigenvalue weighted by Crippen LogP contribution is 2.15. The molecule has 1 unspecified atom stereocenters. The SMILES string of the molecule is Cc1ccc(CC(CO)Cc2ccc(F)cc2)cc1. The minimum Gasteiger partial charge on any atom is -0.396 e. The molecule has 0 aliphatic rings. The first-order chi connectivity index (χ1) is 9.17. The van der Waals surface area contributed by atoms with Crippen LogP contribution < -0.4 is 0 Å². The molecule has 2 aromatic carbocycles. The molecule has 100 valence electrons. The highest BCUT2D eigenvalue weighted by molar-refractivity contribution is 5.22. The summed E-state index contributed by atoms with van der Waals surface area (Å²) in [6.45, 7) is 2.21. The first kappa shape index (κ1) is 13.8. The molecule has 0 amide bonds. The molecule has 1 atom stereocenters. The summed E-state index contributed by atoms with van der Waals surface area (Å²) in [4.78, 5) is 0. The van der Waals surface area contributed by atoms with E-state index in [1.165, 1.54) is 23.3 Å². The Morgan fingerprint density at radius 2 is 1.37 bits per heavy atom. The smallest absolute Gasteiger partial charge is 0.123 e. The number of aliphatic hydroxyl groups excluding tert-OH is 1. The van der Waals surface area contributed by atoms with Crippen molar-refractivity contribution in [1.29, 1.82) is 0 Å². The fraction of sp³-hybridized carbons (Fsp3) is 0.294. The first-order valence-electron chi connectivity index (χ1n) is 6.58. The van der Waals surface area contributed by atoms with Gasteiger partial charge in [-0.05, 0) is 48.9 Å². The molecule has 0 fully saturated rings. The van der Waals surface area contributed by atoms with Gasteiger partial charge in [0.25, 0.3) is 0 Å². The second-order valence-corrected chi connectivity index (χ2v) is 5.07. The predicted octanol–water partition coefficient (Wildman–Crippen LogP) is 3.53. The van der Waals surface area contributed by atoms with E-state index in [0.29, 0.717) is 0 Å². The molecular formula is C17H19FO. The highest BCUT2D eigenvalue weighted by Gasteiger charge is 2.10. The van der Waals surface area contributed by atoms with E-state index in [2.05, 4.69) is 31.2 Å². The molecule has 0 spiro atoms. The van der Waals surface area contributed by atoms with Gasteiger partial charge >= 0.3 is 0 Å². The number of benzene rings is 2. The average molecular weight is 258 g/mol. The van der Waals surface area contributed by atoms with E-state index in [1.54, 1.807) is 12.1 Å². The van der Waals surface area contributed by atoms with Crippen molar-refractivity contribution in [2.45, 2.75) is 19.8 Å². The molecule has 19 heavy (non-hydrogen) atoms. The van der Waals surface area contributed by atoms with Crippen molar-refractivity contribution in [3.05, 3.63) is 71.0 Å². The lowest BCUT2D eigenvalue weighted by Crippen LogP contribution is -2.13. The normalized spacial score (nSPS) is 12.4. The van der Waals surface area contributed by atoms with E-state index in [-0.39, 0.29) is 18.3 Å². The van der Waals surface area contributed by atoms with Crippen LogP contribution in [0.1, 0.15) is 16.7 Å². The summed E-state index contributed by atoms with van der Waals surface area (Å²) in [5, 5.41) is 9.48. The summed E-state index contributed by atoms with van der Waals surface area (Å²) in [7, 11) is 0. The van der Waals surface area contributed by atoms with Crippen LogP contribution >= 0.6 is 0 Å². The minimum absolute atomic E-state index is 0.144. The van der Waals surface area contributed by atoms with E-state index in [1.807, 2.05) is 0 Å². The van der Waals surface area contributed by atoms with Gasteiger partial charge in [-0.25, -0.2) is 4.39 Å². The molecule has 0 aliphatic carbocycles. The van der Waals surface area contributed by atoms with E-state index < -0.39 is 0 Å². The van der Waals surface area contributed by atoms with Crippen molar-refractivity contribution in [2.75, 3.05) is 6.61 Å². The lowest BCUT2D eigenvalue weighted by Gasteiger charge is -2.14. The standard InChI is InChI=1S/C17H19FO/c1-13-2-4-14(5-3-13)10-16(12-19)11-15-6-8-17(18)9-7-15/h2-9,16,19H,10-12H2,1H3. The Labute approximate surface area is 113 Å². The highest BCUT2D eigenvalue weighted by atomic mass is 19.1. The zero-order valence-corrected chi connectivity index (χ0v) is 11.1. The number of aryl methyl sites for hydroxylation is 1.